The molecule has 2 atom stereocenters. The summed E-state index contributed by atoms with van der Waals surface area (Å²) in [5.41, 5.74) is 0.984. The van der Waals surface area contributed by atoms with Gasteiger partial charge < -0.3 is 5.11 Å². The molecular formula is C21H20Cl2O3. The third-order valence-corrected chi connectivity index (χ3v) is 5.87. The highest BCUT2D eigenvalue weighted by Crippen LogP contribution is 2.56. The van der Waals surface area contributed by atoms with Crippen LogP contribution < -0.4 is 0 Å². The molecule has 0 heterocycles. The molecule has 1 fully saturated rings. The molecule has 1 saturated carbocycles. The van der Waals surface area contributed by atoms with Crippen LogP contribution in [0.25, 0.3) is 0 Å². The minimum atomic E-state index is -1.17. The van der Waals surface area contributed by atoms with Crippen LogP contribution in [-0.2, 0) is 15.6 Å². The Hall–Kier alpha value is -1.84. The van der Waals surface area contributed by atoms with Gasteiger partial charge in [-0.2, -0.15) is 0 Å². The summed E-state index contributed by atoms with van der Waals surface area (Å²) in [7, 11) is 0. The number of carboxylic acids is 1. The van der Waals surface area contributed by atoms with E-state index in [4.69, 9.17) is 23.2 Å². The first-order valence-corrected chi connectivity index (χ1v) is 9.16. The summed E-state index contributed by atoms with van der Waals surface area (Å²) < 4.78 is 0. The number of carboxylic acid groups (broad SMARTS) is 1. The largest absolute Gasteiger partial charge is 0.481 e. The monoisotopic (exact) mass is 390 g/mol. The number of carbonyl (C=O) groups excluding carboxylic acids is 1. The Morgan fingerprint density at radius 3 is 2.15 bits per heavy atom. The molecule has 136 valence electrons. The molecule has 2 aromatic rings. The van der Waals surface area contributed by atoms with Crippen molar-refractivity contribution in [2.45, 2.75) is 38.0 Å². The lowest BCUT2D eigenvalue weighted by Crippen LogP contribution is -2.25. The van der Waals surface area contributed by atoms with Gasteiger partial charge in [-0.05, 0) is 41.2 Å². The molecular weight excluding hydrogens is 371 g/mol. The molecule has 0 aromatic heterocycles. The van der Waals surface area contributed by atoms with Gasteiger partial charge in [-0.15, -0.1) is 0 Å². The molecule has 3 rings (SSSR count). The van der Waals surface area contributed by atoms with E-state index in [0.29, 0.717) is 16.1 Å². The second-order valence-corrected chi connectivity index (χ2v) is 8.67. The highest BCUT2D eigenvalue weighted by Gasteiger charge is 2.64. The second kappa shape index (κ2) is 6.40. The van der Waals surface area contributed by atoms with E-state index in [2.05, 4.69) is 20.8 Å². The molecule has 26 heavy (non-hydrogen) atoms. The summed E-state index contributed by atoms with van der Waals surface area (Å²) in [5.74, 6) is -1.79. The molecule has 0 unspecified atom stereocenters. The zero-order valence-electron chi connectivity index (χ0n) is 14.8. The first-order chi connectivity index (χ1) is 12.1. The molecule has 1 N–H and O–H groups in total. The maximum absolute atomic E-state index is 12.8. The Kier molecular flexibility index (Phi) is 4.66. The number of carbonyl (C=O) groups is 2. The zero-order valence-corrected chi connectivity index (χ0v) is 16.4. The van der Waals surface area contributed by atoms with Gasteiger partial charge in [0.2, 0.25) is 0 Å². The molecule has 0 aliphatic heterocycles. The van der Waals surface area contributed by atoms with E-state index in [-0.39, 0.29) is 22.6 Å². The van der Waals surface area contributed by atoms with Crippen LogP contribution in [0.15, 0.2) is 42.5 Å². The van der Waals surface area contributed by atoms with E-state index in [1.165, 1.54) is 6.07 Å². The van der Waals surface area contributed by atoms with Crippen LogP contribution in [-0.4, -0.2) is 16.9 Å². The lowest BCUT2D eigenvalue weighted by molar-refractivity contribution is -0.140. The van der Waals surface area contributed by atoms with Crippen LogP contribution in [0.4, 0.5) is 0 Å². The average Bonchev–Trinajstić information content (AvgIpc) is 3.33. The number of aliphatic carboxylic acids is 1. The van der Waals surface area contributed by atoms with Crippen LogP contribution in [0.1, 0.15) is 48.7 Å². The molecule has 3 nitrogen and oxygen atoms in total. The van der Waals surface area contributed by atoms with E-state index in [1.807, 2.05) is 24.3 Å². The summed E-state index contributed by atoms with van der Waals surface area (Å²) >= 11 is 11.9. The lowest BCUT2D eigenvalue weighted by Gasteiger charge is -2.20. The van der Waals surface area contributed by atoms with Gasteiger partial charge in [0.05, 0.1) is 10.0 Å². The molecule has 1 aliphatic rings. The second-order valence-electron chi connectivity index (χ2n) is 7.85. The van der Waals surface area contributed by atoms with Gasteiger partial charge in [-0.3, -0.25) is 9.59 Å². The third kappa shape index (κ3) is 3.15. The van der Waals surface area contributed by atoms with Crippen molar-refractivity contribution >= 4 is 35.0 Å². The van der Waals surface area contributed by atoms with Crippen LogP contribution in [0.5, 0.6) is 0 Å². The Bertz CT molecular complexity index is 881. The van der Waals surface area contributed by atoms with Gasteiger partial charge >= 0.3 is 5.97 Å². The Morgan fingerprint density at radius 1 is 1.04 bits per heavy atom. The van der Waals surface area contributed by atoms with Gasteiger partial charge in [0.1, 0.15) is 5.41 Å². The lowest BCUT2D eigenvalue weighted by atomic mass is 9.84. The summed E-state index contributed by atoms with van der Waals surface area (Å²) in [5, 5.41) is 10.5. The topological polar surface area (TPSA) is 54.4 Å². The summed E-state index contributed by atoms with van der Waals surface area (Å²) in [6.45, 7) is 6.30. The van der Waals surface area contributed by atoms with Gasteiger partial charge in [-0.1, -0.05) is 68.2 Å². The molecule has 0 spiro atoms. The van der Waals surface area contributed by atoms with E-state index >= 15 is 0 Å². The predicted octanol–water partition coefficient (Wildman–Crippen LogP) is 5.52. The molecule has 0 amide bonds. The fourth-order valence-corrected chi connectivity index (χ4v) is 3.67. The van der Waals surface area contributed by atoms with Crippen molar-refractivity contribution in [3.05, 3.63) is 69.2 Å². The first-order valence-electron chi connectivity index (χ1n) is 8.41. The third-order valence-electron chi connectivity index (χ3n) is 5.13. The van der Waals surface area contributed by atoms with Crippen molar-refractivity contribution in [2.75, 3.05) is 0 Å². The van der Waals surface area contributed by atoms with E-state index in [1.54, 1.807) is 12.1 Å². The number of hydrogen-bond acceptors (Lipinski definition) is 2. The number of hydrogen-bond donors (Lipinski definition) is 1. The fourth-order valence-electron chi connectivity index (χ4n) is 3.38. The number of benzene rings is 2. The van der Waals surface area contributed by atoms with Gasteiger partial charge in [0, 0.05) is 11.5 Å². The number of rotatable bonds is 4. The van der Waals surface area contributed by atoms with Gasteiger partial charge in [-0.25, -0.2) is 0 Å². The Balaban J connectivity index is 1.93. The van der Waals surface area contributed by atoms with E-state index in [9.17, 15) is 14.7 Å². The van der Waals surface area contributed by atoms with Gasteiger partial charge in [0.15, 0.2) is 5.78 Å². The van der Waals surface area contributed by atoms with Gasteiger partial charge in [0.25, 0.3) is 0 Å². The fraction of sp³-hybridized carbons (Fsp3) is 0.333. The normalized spacial score (nSPS) is 22.1. The molecule has 0 saturated heterocycles. The quantitative estimate of drug-likeness (QED) is 0.699. The van der Waals surface area contributed by atoms with Crippen molar-refractivity contribution in [2.24, 2.45) is 5.92 Å². The SMILES string of the molecule is CC(C)(C)c1ccc([C@]2(C(=O)O)C[C@@H]2C(=O)c2ccc(Cl)c(Cl)c2)cc1. The smallest absolute Gasteiger partial charge is 0.314 e. The van der Waals surface area contributed by atoms with Crippen molar-refractivity contribution in [1.29, 1.82) is 0 Å². The molecule has 1 aliphatic carbocycles. The van der Waals surface area contributed by atoms with Crippen LogP contribution in [0.2, 0.25) is 10.0 Å². The van der Waals surface area contributed by atoms with Crippen LogP contribution >= 0.6 is 23.2 Å². The standard InChI is InChI=1S/C21H20Cl2O3/c1-20(2,3)13-5-7-14(8-6-13)21(19(25)26)11-15(21)18(24)12-4-9-16(22)17(23)10-12/h4-10,15H,11H2,1-3H3,(H,25,26)/t15-,21-/m1/s1. The van der Waals surface area contributed by atoms with Crippen molar-refractivity contribution in [3.63, 3.8) is 0 Å². The first kappa shape index (κ1) is 18.9. The molecule has 2 aromatic carbocycles. The van der Waals surface area contributed by atoms with Crippen molar-refractivity contribution in [3.8, 4) is 0 Å². The summed E-state index contributed by atoms with van der Waals surface area (Å²) in [6.07, 6.45) is 0.288. The molecule has 0 radical (unpaired) electrons. The highest BCUT2D eigenvalue weighted by atomic mass is 35.5. The minimum Gasteiger partial charge on any atom is -0.481 e. The minimum absolute atomic E-state index is 0.0201. The number of Topliss-reactive ketones (excluding diaryl/α,β-unsaturated/α-hetero) is 1. The van der Waals surface area contributed by atoms with Crippen LogP contribution in [0.3, 0.4) is 0 Å². The Morgan fingerprint density at radius 2 is 1.65 bits per heavy atom. The van der Waals surface area contributed by atoms with E-state index in [0.717, 1.165) is 5.56 Å². The zero-order chi connectivity index (χ0) is 19.3. The summed E-state index contributed by atoms with van der Waals surface area (Å²) in [4.78, 5) is 24.9. The number of ketones is 1. The van der Waals surface area contributed by atoms with E-state index < -0.39 is 17.3 Å². The molecule has 5 heteroatoms. The Labute approximate surface area is 162 Å². The maximum Gasteiger partial charge on any atom is 0.314 e. The highest BCUT2D eigenvalue weighted by molar-refractivity contribution is 6.42. The predicted molar refractivity (Wildman–Crippen MR) is 103 cm³/mol. The van der Waals surface area contributed by atoms with Crippen molar-refractivity contribution < 1.29 is 14.7 Å². The molecule has 0 bridgehead atoms. The maximum atomic E-state index is 12.8. The van der Waals surface area contributed by atoms with Crippen molar-refractivity contribution in [1.82, 2.24) is 0 Å². The summed E-state index contributed by atoms with van der Waals surface area (Å²) in [6, 6.07) is 12.2. The number of halogens is 2. The average molecular weight is 391 g/mol. The van der Waals surface area contributed by atoms with Crippen LogP contribution in [0, 0.1) is 5.92 Å².